The van der Waals surface area contributed by atoms with E-state index in [0.717, 1.165) is 36.6 Å². The minimum absolute atomic E-state index is 0.0953. The topological polar surface area (TPSA) is 50.5 Å². The van der Waals surface area contributed by atoms with Crippen molar-refractivity contribution in [1.82, 2.24) is 19.5 Å². The third kappa shape index (κ3) is 3.88. The van der Waals surface area contributed by atoms with Crippen LogP contribution in [0.15, 0.2) is 41.2 Å². The van der Waals surface area contributed by atoms with Gasteiger partial charge in [-0.3, -0.25) is 9.69 Å². The first-order chi connectivity index (χ1) is 11.7. The Hall–Kier alpha value is -2.05. The van der Waals surface area contributed by atoms with Crippen LogP contribution in [0.1, 0.15) is 36.5 Å². The number of nitrogens with zero attached hydrogens (tertiary/aromatic N) is 4. The number of rotatable bonds is 7. The molecule has 0 bridgehead atoms. The van der Waals surface area contributed by atoms with Gasteiger partial charge in [-0.25, -0.2) is 4.98 Å². The molecule has 0 radical (unpaired) electrons. The first-order valence-corrected chi connectivity index (χ1v) is 9.16. The van der Waals surface area contributed by atoms with Crippen LogP contribution in [0.25, 0.3) is 4.96 Å². The second-order valence-corrected chi connectivity index (χ2v) is 6.87. The summed E-state index contributed by atoms with van der Waals surface area (Å²) >= 11 is 1.49. The number of hydrogen-bond acceptors (Lipinski definition) is 5. The minimum Gasteiger partial charge on any atom is -0.293 e. The number of aryl methyl sites for hydroxylation is 1. The molecule has 2 aromatic heterocycles. The molecule has 1 aromatic carbocycles. The molecule has 0 N–H and O–H groups in total. The van der Waals surface area contributed by atoms with Crippen LogP contribution in [-0.4, -0.2) is 26.0 Å². The summed E-state index contributed by atoms with van der Waals surface area (Å²) in [5, 5.41) is 5.24. The Morgan fingerprint density at radius 1 is 1.17 bits per heavy atom. The molecule has 126 valence electrons. The molecule has 0 aliphatic rings. The number of fused-ring (bicyclic) bond motifs is 1. The third-order valence-corrected chi connectivity index (χ3v) is 4.87. The molecular weight excluding hydrogens is 320 g/mol. The minimum atomic E-state index is -0.0953. The molecule has 6 heteroatoms. The zero-order valence-corrected chi connectivity index (χ0v) is 14.9. The number of hydrogen-bond donors (Lipinski definition) is 0. The molecule has 3 rings (SSSR count). The molecule has 0 aliphatic carbocycles. The van der Waals surface area contributed by atoms with Gasteiger partial charge in [0.2, 0.25) is 4.96 Å². The largest absolute Gasteiger partial charge is 0.293 e. The van der Waals surface area contributed by atoms with Crippen LogP contribution in [-0.2, 0) is 19.5 Å². The van der Waals surface area contributed by atoms with E-state index in [-0.39, 0.29) is 5.56 Å². The van der Waals surface area contributed by atoms with Crippen LogP contribution >= 0.6 is 11.3 Å². The normalized spacial score (nSPS) is 11.5. The zero-order valence-electron chi connectivity index (χ0n) is 14.1. The second-order valence-electron chi connectivity index (χ2n) is 5.83. The number of benzene rings is 1. The van der Waals surface area contributed by atoms with Crippen molar-refractivity contribution < 1.29 is 0 Å². The van der Waals surface area contributed by atoms with E-state index in [1.165, 1.54) is 21.4 Å². The molecule has 2 heterocycles. The fourth-order valence-corrected chi connectivity index (χ4v) is 3.58. The summed E-state index contributed by atoms with van der Waals surface area (Å²) in [7, 11) is 0. The summed E-state index contributed by atoms with van der Waals surface area (Å²) in [4.78, 5) is 19.9. The van der Waals surface area contributed by atoms with Crippen molar-refractivity contribution in [3.63, 3.8) is 0 Å². The average Bonchev–Trinajstić information content (AvgIpc) is 3.00. The average molecular weight is 342 g/mol. The fraction of sp³-hybridized carbons (Fsp3) is 0.389. The van der Waals surface area contributed by atoms with Gasteiger partial charge in [-0.1, -0.05) is 55.5 Å². The molecule has 0 aliphatic heterocycles. The lowest BCUT2D eigenvalue weighted by Gasteiger charge is -2.21. The smallest absolute Gasteiger partial charge is 0.275 e. The molecule has 0 atom stereocenters. The predicted octanol–water partition coefficient (Wildman–Crippen LogP) is 3.13. The molecule has 0 saturated heterocycles. The van der Waals surface area contributed by atoms with Crippen molar-refractivity contribution in [2.24, 2.45) is 0 Å². The van der Waals surface area contributed by atoms with Gasteiger partial charge in [0, 0.05) is 19.2 Å². The lowest BCUT2D eigenvalue weighted by Crippen LogP contribution is -2.26. The Balaban J connectivity index is 1.83. The van der Waals surface area contributed by atoms with E-state index in [9.17, 15) is 4.79 Å². The maximum Gasteiger partial charge on any atom is 0.275 e. The monoisotopic (exact) mass is 342 g/mol. The molecule has 3 aromatic rings. The van der Waals surface area contributed by atoms with Gasteiger partial charge in [-0.05, 0) is 24.9 Å². The predicted molar refractivity (Wildman–Crippen MR) is 97.4 cm³/mol. The Bertz CT molecular complexity index is 856. The lowest BCUT2D eigenvalue weighted by molar-refractivity contribution is 0.254. The highest BCUT2D eigenvalue weighted by molar-refractivity contribution is 7.16. The third-order valence-electron chi connectivity index (χ3n) is 3.82. The van der Waals surface area contributed by atoms with Crippen molar-refractivity contribution in [3.05, 3.63) is 63.0 Å². The van der Waals surface area contributed by atoms with Gasteiger partial charge >= 0.3 is 0 Å². The van der Waals surface area contributed by atoms with Crippen molar-refractivity contribution in [3.8, 4) is 0 Å². The Labute approximate surface area is 145 Å². The van der Waals surface area contributed by atoms with E-state index in [0.29, 0.717) is 11.5 Å². The van der Waals surface area contributed by atoms with E-state index in [2.05, 4.69) is 46.2 Å². The van der Waals surface area contributed by atoms with Crippen LogP contribution < -0.4 is 5.56 Å². The number of aromatic nitrogens is 3. The lowest BCUT2D eigenvalue weighted by atomic mass is 10.2. The van der Waals surface area contributed by atoms with Crippen molar-refractivity contribution in [1.29, 1.82) is 0 Å². The summed E-state index contributed by atoms with van der Waals surface area (Å²) in [5.41, 5.74) is 1.99. The molecule has 0 unspecified atom stereocenters. The molecule has 0 saturated carbocycles. The standard InChI is InChI=1S/C18H22N4OS/c1-3-10-21(12-14-8-6-5-7-9-14)13-15-11-17(23)22-18(19-15)24-16(4-2)20-22/h5-9,11H,3-4,10,12-13H2,1-2H3. The van der Waals surface area contributed by atoms with Gasteiger partial charge in [0.1, 0.15) is 5.01 Å². The molecule has 0 spiro atoms. The van der Waals surface area contributed by atoms with Crippen molar-refractivity contribution in [2.45, 2.75) is 39.8 Å². The zero-order chi connectivity index (χ0) is 16.9. The van der Waals surface area contributed by atoms with Gasteiger partial charge in [-0.15, -0.1) is 0 Å². The molecule has 24 heavy (non-hydrogen) atoms. The summed E-state index contributed by atoms with van der Waals surface area (Å²) in [6.45, 7) is 6.71. The summed E-state index contributed by atoms with van der Waals surface area (Å²) in [5.74, 6) is 0. The van der Waals surface area contributed by atoms with E-state index < -0.39 is 0 Å². The maximum absolute atomic E-state index is 12.3. The van der Waals surface area contributed by atoms with Crippen molar-refractivity contribution in [2.75, 3.05) is 6.54 Å². The molecular formula is C18H22N4OS. The maximum atomic E-state index is 12.3. The van der Waals surface area contributed by atoms with Gasteiger partial charge < -0.3 is 0 Å². The SMILES string of the molecule is CCCN(Cc1ccccc1)Cc1cc(=O)n2nc(CC)sc2n1. The highest BCUT2D eigenvalue weighted by Gasteiger charge is 2.11. The van der Waals surface area contributed by atoms with Gasteiger partial charge in [-0.2, -0.15) is 9.61 Å². The molecule has 5 nitrogen and oxygen atoms in total. The van der Waals surface area contributed by atoms with Gasteiger partial charge in [0.05, 0.1) is 5.69 Å². The first-order valence-electron chi connectivity index (χ1n) is 8.34. The quantitative estimate of drug-likeness (QED) is 0.662. The Morgan fingerprint density at radius 3 is 2.67 bits per heavy atom. The van der Waals surface area contributed by atoms with Crippen molar-refractivity contribution >= 4 is 16.3 Å². The molecule has 0 fully saturated rings. The van der Waals surface area contributed by atoms with Crippen LogP contribution in [0.2, 0.25) is 0 Å². The van der Waals surface area contributed by atoms with E-state index in [1.54, 1.807) is 6.07 Å². The Morgan fingerprint density at radius 2 is 1.96 bits per heavy atom. The fourth-order valence-electron chi connectivity index (χ4n) is 2.72. The Kier molecular flexibility index (Phi) is 5.37. The molecule has 0 amide bonds. The second kappa shape index (κ2) is 7.68. The van der Waals surface area contributed by atoms with E-state index in [4.69, 9.17) is 0 Å². The van der Waals surface area contributed by atoms with Gasteiger partial charge in [0.15, 0.2) is 0 Å². The van der Waals surface area contributed by atoms with Crippen LogP contribution in [0, 0.1) is 0 Å². The first kappa shape index (κ1) is 16.8. The van der Waals surface area contributed by atoms with Gasteiger partial charge in [0.25, 0.3) is 5.56 Å². The van der Waals surface area contributed by atoms with Crippen LogP contribution in [0.4, 0.5) is 0 Å². The summed E-state index contributed by atoms with van der Waals surface area (Å²) in [6.07, 6.45) is 1.88. The van der Waals surface area contributed by atoms with Crippen LogP contribution in [0.3, 0.4) is 0 Å². The van der Waals surface area contributed by atoms with E-state index in [1.807, 2.05) is 13.0 Å². The highest BCUT2D eigenvalue weighted by atomic mass is 32.1. The summed E-state index contributed by atoms with van der Waals surface area (Å²) in [6, 6.07) is 12.0. The highest BCUT2D eigenvalue weighted by Crippen LogP contribution is 2.13. The van der Waals surface area contributed by atoms with E-state index >= 15 is 0 Å². The van der Waals surface area contributed by atoms with Crippen LogP contribution in [0.5, 0.6) is 0 Å². The summed E-state index contributed by atoms with van der Waals surface area (Å²) < 4.78 is 1.41.